The molecule has 2 nitrogen and oxygen atoms in total. The number of fused-ring (bicyclic) bond motifs is 1. The molecule has 3 heteroatoms. The second-order valence-electron chi connectivity index (χ2n) is 4.43. The van der Waals surface area contributed by atoms with Crippen LogP contribution < -0.4 is 0 Å². The molecule has 2 rings (SSSR count). The molecule has 0 saturated heterocycles. The zero-order valence-electron chi connectivity index (χ0n) is 10.5. The minimum atomic E-state index is -0.168. The van der Waals surface area contributed by atoms with Crippen LogP contribution in [-0.4, -0.2) is 11.2 Å². The van der Waals surface area contributed by atoms with Crippen molar-refractivity contribution < 1.29 is 9.13 Å². The fourth-order valence-electron chi connectivity index (χ4n) is 2.07. The highest BCUT2D eigenvalue weighted by molar-refractivity contribution is 5.84. The van der Waals surface area contributed by atoms with Crippen molar-refractivity contribution in [1.29, 1.82) is 0 Å². The zero-order chi connectivity index (χ0) is 12.4. The highest BCUT2D eigenvalue weighted by Crippen LogP contribution is 2.27. The fourth-order valence-corrected chi connectivity index (χ4v) is 2.07. The van der Waals surface area contributed by atoms with Gasteiger partial charge in [0.25, 0.3) is 0 Å². The number of ether oxygens (including phenoxy) is 1. The Morgan fingerprint density at radius 3 is 2.76 bits per heavy atom. The Balaban J connectivity index is 2.58. The first-order chi connectivity index (χ1) is 8.15. The lowest BCUT2D eigenvalue weighted by molar-refractivity contribution is 0.135. The third-order valence-electron chi connectivity index (χ3n) is 2.90. The Labute approximate surface area is 101 Å². The lowest BCUT2D eigenvalue weighted by Gasteiger charge is -2.09. The molecule has 2 aromatic rings. The second kappa shape index (κ2) is 4.88. The summed E-state index contributed by atoms with van der Waals surface area (Å²) in [6, 6.07) is 5.44. The number of hydrogen-bond donors (Lipinski definition) is 0. The normalized spacial score (nSPS) is 11.6. The van der Waals surface area contributed by atoms with E-state index in [1.54, 1.807) is 6.07 Å². The second-order valence-corrected chi connectivity index (χ2v) is 4.43. The van der Waals surface area contributed by atoms with Gasteiger partial charge in [0.1, 0.15) is 5.82 Å². The maximum Gasteiger partial charge on any atom is 0.147 e. The number of para-hydroxylation sites is 1. The van der Waals surface area contributed by atoms with Gasteiger partial charge in [0.05, 0.1) is 12.1 Å². The standard InChI is InChI=1S/C14H18FNO/c1-4-17-9-11-8-16(10(2)3)14-12(11)6-5-7-13(14)15/h5-8,10H,4,9H2,1-3H3. The van der Waals surface area contributed by atoms with E-state index >= 15 is 0 Å². The molecule has 0 radical (unpaired) electrons. The molecule has 0 fully saturated rings. The summed E-state index contributed by atoms with van der Waals surface area (Å²) in [4.78, 5) is 0. The van der Waals surface area contributed by atoms with E-state index in [9.17, 15) is 4.39 Å². The number of rotatable bonds is 4. The smallest absolute Gasteiger partial charge is 0.147 e. The largest absolute Gasteiger partial charge is 0.377 e. The van der Waals surface area contributed by atoms with Gasteiger partial charge < -0.3 is 9.30 Å². The van der Waals surface area contributed by atoms with Gasteiger partial charge in [-0.25, -0.2) is 4.39 Å². The molecule has 0 aliphatic heterocycles. The van der Waals surface area contributed by atoms with E-state index in [0.717, 1.165) is 10.9 Å². The molecule has 0 N–H and O–H groups in total. The van der Waals surface area contributed by atoms with Crippen molar-refractivity contribution in [2.45, 2.75) is 33.4 Å². The number of hydrogen-bond acceptors (Lipinski definition) is 1. The van der Waals surface area contributed by atoms with Crippen LogP contribution in [0.4, 0.5) is 4.39 Å². The van der Waals surface area contributed by atoms with E-state index in [-0.39, 0.29) is 11.9 Å². The molecule has 1 aromatic heterocycles. The predicted octanol–water partition coefficient (Wildman–Crippen LogP) is 3.90. The first-order valence-corrected chi connectivity index (χ1v) is 6.00. The molecule has 1 aromatic carbocycles. The lowest BCUT2D eigenvalue weighted by Crippen LogP contribution is -1.99. The van der Waals surface area contributed by atoms with E-state index < -0.39 is 0 Å². The minimum absolute atomic E-state index is 0.168. The van der Waals surface area contributed by atoms with Crippen LogP contribution in [0.3, 0.4) is 0 Å². The van der Waals surface area contributed by atoms with Gasteiger partial charge in [-0.05, 0) is 26.8 Å². The van der Waals surface area contributed by atoms with Crippen LogP contribution >= 0.6 is 0 Å². The third-order valence-corrected chi connectivity index (χ3v) is 2.90. The van der Waals surface area contributed by atoms with Crippen molar-refractivity contribution in [1.82, 2.24) is 4.57 Å². The van der Waals surface area contributed by atoms with Crippen LogP contribution in [0, 0.1) is 5.82 Å². The molecule has 0 unspecified atom stereocenters. The van der Waals surface area contributed by atoms with Crippen LogP contribution in [-0.2, 0) is 11.3 Å². The van der Waals surface area contributed by atoms with Gasteiger partial charge in [0.15, 0.2) is 0 Å². The highest BCUT2D eigenvalue weighted by Gasteiger charge is 2.13. The summed E-state index contributed by atoms with van der Waals surface area (Å²) in [5.41, 5.74) is 1.73. The van der Waals surface area contributed by atoms with Crippen molar-refractivity contribution in [2.24, 2.45) is 0 Å². The number of benzene rings is 1. The lowest BCUT2D eigenvalue weighted by atomic mass is 10.2. The molecule has 0 bridgehead atoms. The van der Waals surface area contributed by atoms with Gasteiger partial charge >= 0.3 is 0 Å². The summed E-state index contributed by atoms with van der Waals surface area (Å²) in [7, 11) is 0. The van der Waals surface area contributed by atoms with Crippen molar-refractivity contribution in [3.63, 3.8) is 0 Å². The van der Waals surface area contributed by atoms with Crippen molar-refractivity contribution in [2.75, 3.05) is 6.61 Å². The molecule has 0 amide bonds. The van der Waals surface area contributed by atoms with E-state index in [2.05, 4.69) is 13.8 Å². The number of halogens is 1. The molecule has 17 heavy (non-hydrogen) atoms. The van der Waals surface area contributed by atoms with Crippen molar-refractivity contribution in [3.8, 4) is 0 Å². The van der Waals surface area contributed by atoms with Gasteiger partial charge in [0.2, 0.25) is 0 Å². The van der Waals surface area contributed by atoms with Gasteiger partial charge in [0, 0.05) is 29.8 Å². The number of nitrogens with zero attached hydrogens (tertiary/aromatic N) is 1. The monoisotopic (exact) mass is 235 g/mol. The van der Waals surface area contributed by atoms with Crippen LogP contribution in [0.15, 0.2) is 24.4 Å². The topological polar surface area (TPSA) is 14.2 Å². The Morgan fingerprint density at radius 1 is 1.35 bits per heavy atom. The van der Waals surface area contributed by atoms with Gasteiger partial charge in [-0.1, -0.05) is 12.1 Å². The summed E-state index contributed by atoms with van der Waals surface area (Å²) in [6.45, 7) is 7.27. The molecule has 0 saturated carbocycles. The van der Waals surface area contributed by atoms with Crippen LogP contribution in [0.25, 0.3) is 10.9 Å². The van der Waals surface area contributed by atoms with Crippen molar-refractivity contribution in [3.05, 3.63) is 35.8 Å². The van der Waals surface area contributed by atoms with Gasteiger partial charge in [-0.15, -0.1) is 0 Å². The van der Waals surface area contributed by atoms with Gasteiger partial charge in [-0.2, -0.15) is 0 Å². The van der Waals surface area contributed by atoms with E-state index in [0.29, 0.717) is 18.7 Å². The van der Waals surface area contributed by atoms with E-state index in [4.69, 9.17) is 4.74 Å². The SMILES string of the molecule is CCOCc1cn(C(C)C)c2c(F)cccc12. The molecule has 0 aliphatic rings. The maximum atomic E-state index is 13.9. The van der Waals surface area contributed by atoms with Crippen LogP contribution in [0.2, 0.25) is 0 Å². The summed E-state index contributed by atoms with van der Waals surface area (Å²) in [5.74, 6) is -0.168. The average molecular weight is 235 g/mol. The fraction of sp³-hybridized carbons (Fsp3) is 0.429. The zero-order valence-corrected chi connectivity index (χ0v) is 10.5. The molecule has 92 valence electrons. The predicted molar refractivity (Wildman–Crippen MR) is 67.6 cm³/mol. The van der Waals surface area contributed by atoms with Crippen LogP contribution in [0.5, 0.6) is 0 Å². The van der Waals surface area contributed by atoms with Gasteiger partial charge in [-0.3, -0.25) is 0 Å². The molecular formula is C14H18FNO. The number of aromatic nitrogens is 1. The van der Waals surface area contributed by atoms with Crippen LogP contribution in [0.1, 0.15) is 32.4 Å². The Morgan fingerprint density at radius 2 is 2.12 bits per heavy atom. The summed E-state index contributed by atoms with van der Waals surface area (Å²) < 4.78 is 21.3. The van der Waals surface area contributed by atoms with E-state index in [1.165, 1.54) is 6.07 Å². The quantitative estimate of drug-likeness (QED) is 0.784. The molecule has 0 spiro atoms. The Bertz CT molecular complexity index is 516. The highest BCUT2D eigenvalue weighted by atomic mass is 19.1. The molecular weight excluding hydrogens is 217 g/mol. The first-order valence-electron chi connectivity index (χ1n) is 6.00. The summed E-state index contributed by atoms with van der Waals surface area (Å²) in [5, 5.41) is 0.951. The van der Waals surface area contributed by atoms with Crippen molar-refractivity contribution >= 4 is 10.9 Å². The average Bonchev–Trinajstić information content (AvgIpc) is 2.67. The minimum Gasteiger partial charge on any atom is -0.377 e. The Kier molecular flexibility index (Phi) is 3.48. The molecule has 0 aliphatic carbocycles. The van der Waals surface area contributed by atoms with E-state index in [1.807, 2.05) is 23.8 Å². The first kappa shape index (κ1) is 12.1. The Hall–Kier alpha value is -1.35. The summed E-state index contributed by atoms with van der Waals surface area (Å²) >= 11 is 0. The summed E-state index contributed by atoms with van der Waals surface area (Å²) in [6.07, 6.45) is 1.99. The molecule has 0 atom stereocenters. The maximum absolute atomic E-state index is 13.9. The third kappa shape index (κ3) is 2.20. The molecule has 1 heterocycles.